The fraction of sp³-hybridized carbons (Fsp3) is 0.208. The smallest absolute Gasteiger partial charge is 0.260 e. The number of aromatic nitrogens is 2. The van der Waals surface area contributed by atoms with E-state index in [2.05, 4.69) is 24.0 Å². The van der Waals surface area contributed by atoms with Gasteiger partial charge in [0, 0.05) is 11.8 Å². The van der Waals surface area contributed by atoms with Crippen molar-refractivity contribution < 1.29 is 14.3 Å². The van der Waals surface area contributed by atoms with Crippen molar-refractivity contribution >= 4 is 32.6 Å². The summed E-state index contributed by atoms with van der Waals surface area (Å²) in [5.41, 5.74) is 4.41. The molecule has 31 heavy (non-hydrogen) atoms. The molecule has 158 valence electrons. The topological polar surface area (TPSA) is 64.5 Å². The second kappa shape index (κ2) is 8.73. The first-order valence-electron chi connectivity index (χ1n) is 9.82. The zero-order chi connectivity index (χ0) is 22.0. The largest absolute Gasteiger partial charge is 0.493 e. The van der Waals surface area contributed by atoms with E-state index < -0.39 is 0 Å². The lowest BCUT2D eigenvalue weighted by molar-refractivity contribution is 0.0984. The van der Waals surface area contributed by atoms with Gasteiger partial charge in [0.1, 0.15) is 0 Å². The third-order valence-corrected chi connectivity index (χ3v) is 6.30. The Kier molecular flexibility index (Phi) is 5.86. The Morgan fingerprint density at radius 1 is 1.00 bits per heavy atom. The average Bonchev–Trinajstić information content (AvgIpc) is 3.26. The van der Waals surface area contributed by atoms with Crippen LogP contribution in [0.5, 0.6) is 11.5 Å². The summed E-state index contributed by atoms with van der Waals surface area (Å²) in [6.07, 6.45) is 1.72. The molecule has 0 fully saturated rings. The summed E-state index contributed by atoms with van der Waals surface area (Å²) in [4.78, 5) is 24.5. The van der Waals surface area contributed by atoms with Crippen molar-refractivity contribution in [3.05, 3.63) is 77.1 Å². The van der Waals surface area contributed by atoms with E-state index in [0.29, 0.717) is 28.7 Å². The lowest BCUT2D eigenvalue weighted by Gasteiger charge is -2.20. The molecule has 0 saturated heterocycles. The minimum atomic E-state index is -0.180. The number of anilines is 1. The van der Waals surface area contributed by atoms with Crippen LogP contribution in [-0.2, 0) is 6.54 Å². The number of aryl methyl sites for hydroxylation is 2. The van der Waals surface area contributed by atoms with Crippen molar-refractivity contribution in [2.45, 2.75) is 20.4 Å². The highest BCUT2D eigenvalue weighted by Crippen LogP contribution is 2.35. The first kappa shape index (κ1) is 20.8. The Hall–Kier alpha value is -3.45. The molecular formula is C24H23N3O3S. The summed E-state index contributed by atoms with van der Waals surface area (Å²) in [6, 6.07) is 15.0. The normalized spacial score (nSPS) is 10.8. The maximum atomic E-state index is 13.6. The number of ether oxygens (including phenoxy) is 2. The number of carbonyl (C=O) groups excluding carboxylic acids is 1. The molecule has 2 heterocycles. The summed E-state index contributed by atoms with van der Waals surface area (Å²) >= 11 is 1.52. The van der Waals surface area contributed by atoms with Crippen LogP contribution in [0, 0.1) is 13.8 Å². The van der Waals surface area contributed by atoms with Gasteiger partial charge >= 0.3 is 0 Å². The third-order valence-electron chi connectivity index (χ3n) is 5.08. The molecule has 4 rings (SSSR count). The molecule has 0 N–H and O–H groups in total. The van der Waals surface area contributed by atoms with Crippen LogP contribution in [-0.4, -0.2) is 30.1 Å². The Labute approximate surface area is 185 Å². The van der Waals surface area contributed by atoms with Gasteiger partial charge in [0.25, 0.3) is 5.91 Å². The van der Waals surface area contributed by atoms with Crippen LogP contribution < -0.4 is 14.4 Å². The molecule has 0 aliphatic rings. The first-order chi connectivity index (χ1) is 15.0. The van der Waals surface area contributed by atoms with Crippen LogP contribution in [0.2, 0.25) is 0 Å². The molecule has 6 nitrogen and oxygen atoms in total. The van der Waals surface area contributed by atoms with Crippen molar-refractivity contribution in [1.29, 1.82) is 0 Å². The Balaban J connectivity index is 1.81. The number of nitrogens with zero attached hydrogens (tertiary/aromatic N) is 3. The molecule has 0 atom stereocenters. The van der Waals surface area contributed by atoms with E-state index >= 15 is 0 Å². The van der Waals surface area contributed by atoms with Crippen molar-refractivity contribution in [2.24, 2.45) is 0 Å². The quantitative estimate of drug-likeness (QED) is 0.420. The van der Waals surface area contributed by atoms with Crippen LogP contribution in [0.15, 0.2) is 54.7 Å². The number of thiazole rings is 1. The van der Waals surface area contributed by atoms with Crippen LogP contribution in [0.4, 0.5) is 5.13 Å². The van der Waals surface area contributed by atoms with Crippen molar-refractivity contribution in [3.63, 3.8) is 0 Å². The summed E-state index contributed by atoms with van der Waals surface area (Å²) in [6.45, 7) is 4.40. The predicted molar refractivity (Wildman–Crippen MR) is 123 cm³/mol. The summed E-state index contributed by atoms with van der Waals surface area (Å²) in [5.74, 6) is 0.893. The first-order valence-corrected chi connectivity index (χ1v) is 10.6. The molecular weight excluding hydrogens is 410 g/mol. The Bertz CT molecular complexity index is 1200. The van der Waals surface area contributed by atoms with Crippen molar-refractivity contribution in [3.8, 4) is 11.5 Å². The number of pyridine rings is 1. The number of fused-ring (bicyclic) bond motifs is 1. The molecule has 0 radical (unpaired) electrons. The molecule has 2 aromatic carbocycles. The van der Waals surface area contributed by atoms with E-state index in [1.54, 1.807) is 43.5 Å². The number of hydrogen-bond acceptors (Lipinski definition) is 6. The second-order valence-electron chi connectivity index (χ2n) is 7.16. The molecule has 0 saturated carbocycles. The molecule has 7 heteroatoms. The van der Waals surface area contributed by atoms with Crippen LogP contribution in [0.3, 0.4) is 0 Å². The highest BCUT2D eigenvalue weighted by atomic mass is 32.1. The SMILES string of the molecule is COc1ccc(C(=O)N(Cc2ccccn2)c2nc3c(C)ccc(C)c3s2)cc1OC. The molecule has 4 aromatic rings. The number of rotatable bonds is 6. The second-order valence-corrected chi connectivity index (χ2v) is 8.13. The van der Waals surface area contributed by atoms with Crippen LogP contribution in [0.25, 0.3) is 10.2 Å². The lowest BCUT2D eigenvalue weighted by atomic mass is 10.1. The molecule has 0 aliphatic heterocycles. The van der Waals surface area contributed by atoms with Crippen LogP contribution >= 0.6 is 11.3 Å². The van der Waals surface area contributed by atoms with Gasteiger partial charge in [-0.05, 0) is 55.3 Å². The standard InChI is InChI=1S/C24H23N3O3S/c1-15-8-9-16(2)22-21(15)26-24(31-22)27(14-18-7-5-6-12-25-18)23(28)17-10-11-19(29-3)20(13-17)30-4/h5-13H,14H2,1-4H3. The van der Waals surface area contributed by atoms with Crippen LogP contribution in [0.1, 0.15) is 27.2 Å². The number of hydrogen-bond donors (Lipinski definition) is 0. The average molecular weight is 434 g/mol. The molecule has 1 amide bonds. The minimum absolute atomic E-state index is 0.180. The molecule has 2 aromatic heterocycles. The Morgan fingerprint density at radius 2 is 1.77 bits per heavy atom. The van der Waals surface area contributed by atoms with E-state index in [0.717, 1.165) is 27.0 Å². The van der Waals surface area contributed by atoms with Crippen molar-refractivity contribution in [2.75, 3.05) is 19.1 Å². The van der Waals surface area contributed by atoms with Gasteiger partial charge in [-0.15, -0.1) is 0 Å². The summed E-state index contributed by atoms with van der Waals surface area (Å²) < 4.78 is 11.8. The summed E-state index contributed by atoms with van der Waals surface area (Å²) in [5, 5.41) is 0.637. The van der Waals surface area contributed by atoms with E-state index in [4.69, 9.17) is 14.5 Å². The van der Waals surface area contributed by atoms with E-state index in [9.17, 15) is 4.79 Å². The van der Waals surface area contributed by atoms with Gasteiger partial charge in [-0.2, -0.15) is 0 Å². The fourth-order valence-corrected chi connectivity index (χ4v) is 4.48. The van der Waals surface area contributed by atoms with Gasteiger partial charge in [0.05, 0.1) is 36.7 Å². The number of carbonyl (C=O) groups is 1. The van der Waals surface area contributed by atoms with Gasteiger partial charge in [-0.3, -0.25) is 14.7 Å². The molecule has 0 spiro atoms. The van der Waals surface area contributed by atoms with E-state index in [1.165, 1.54) is 11.3 Å². The minimum Gasteiger partial charge on any atom is -0.493 e. The summed E-state index contributed by atoms with van der Waals surface area (Å²) in [7, 11) is 3.12. The molecule has 0 unspecified atom stereocenters. The number of methoxy groups -OCH3 is 2. The highest BCUT2D eigenvalue weighted by Gasteiger charge is 2.24. The fourth-order valence-electron chi connectivity index (χ4n) is 3.37. The van der Waals surface area contributed by atoms with Gasteiger partial charge in [0.2, 0.25) is 0 Å². The maximum absolute atomic E-state index is 13.6. The zero-order valence-corrected chi connectivity index (χ0v) is 18.7. The van der Waals surface area contributed by atoms with Gasteiger partial charge < -0.3 is 9.47 Å². The number of benzene rings is 2. The predicted octanol–water partition coefficient (Wildman–Crippen LogP) is 5.17. The number of amides is 1. The van der Waals surface area contributed by atoms with Gasteiger partial charge in [-0.25, -0.2) is 4.98 Å². The third kappa shape index (κ3) is 4.09. The van der Waals surface area contributed by atoms with E-state index in [-0.39, 0.29) is 5.91 Å². The molecule has 0 bridgehead atoms. The maximum Gasteiger partial charge on any atom is 0.260 e. The molecule has 0 aliphatic carbocycles. The van der Waals surface area contributed by atoms with Gasteiger partial charge in [-0.1, -0.05) is 29.5 Å². The van der Waals surface area contributed by atoms with Gasteiger partial charge in [0.15, 0.2) is 16.6 Å². The highest BCUT2D eigenvalue weighted by molar-refractivity contribution is 7.22. The monoisotopic (exact) mass is 433 g/mol. The Morgan fingerprint density at radius 3 is 2.45 bits per heavy atom. The van der Waals surface area contributed by atoms with Crippen molar-refractivity contribution in [1.82, 2.24) is 9.97 Å². The van der Waals surface area contributed by atoms with E-state index in [1.807, 2.05) is 25.1 Å². The zero-order valence-electron chi connectivity index (χ0n) is 17.9. The lowest BCUT2D eigenvalue weighted by Crippen LogP contribution is -2.30.